The van der Waals surface area contributed by atoms with Crippen LogP contribution in [0.5, 0.6) is 0 Å². The number of rotatable bonds is 5. The molecule has 0 bridgehead atoms. The van der Waals surface area contributed by atoms with E-state index in [2.05, 4.69) is 27.2 Å². The molecule has 0 spiro atoms. The number of hydrogen-bond donors (Lipinski definition) is 1. The Balaban J connectivity index is 1.80. The fraction of sp³-hybridized carbons (Fsp3) is 0.636. The average Bonchev–Trinajstić information content (AvgIpc) is 3.01. The highest BCUT2D eigenvalue weighted by molar-refractivity contribution is 5.37. The van der Waals surface area contributed by atoms with Crippen LogP contribution in [0.15, 0.2) is 12.4 Å². The molecule has 4 heteroatoms. The Morgan fingerprint density at radius 2 is 2.27 bits per heavy atom. The Kier molecular flexibility index (Phi) is 3.16. The van der Waals surface area contributed by atoms with Gasteiger partial charge in [-0.1, -0.05) is 0 Å². The highest BCUT2D eigenvalue weighted by atomic mass is 15.2. The lowest BCUT2D eigenvalue weighted by Crippen LogP contribution is -2.30. The smallest absolute Gasteiger partial charge is 0.131 e. The molecule has 0 amide bonds. The molecular weight excluding hydrogens is 188 g/mol. The van der Waals surface area contributed by atoms with Crippen molar-refractivity contribution in [1.29, 1.82) is 0 Å². The Bertz CT molecular complexity index is 322. The van der Waals surface area contributed by atoms with Crippen LogP contribution < -0.4 is 10.2 Å². The molecule has 15 heavy (non-hydrogen) atoms. The Hall–Kier alpha value is -1.16. The number of hydrogen-bond acceptors (Lipinski definition) is 4. The van der Waals surface area contributed by atoms with Crippen molar-refractivity contribution in [3.8, 4) is 0 Å². The van der Waals surface area contributed by atoms with Gasteiger partial charge >= 0.3 is 0 Å². The first-order chi connectivity index (χ1) is 7.25. The van der Waals surface area contributed by atoms with Gasteiger partial charge in [0.15, 0.2) is 0 Å². The molecule has 1 aliphatic carbocycles. The number of anilines is 1. The molecular formula is C11H18N4. The maximum Gasteiger partial charge on any atom is 0.131 e. The first-order valence-corrected chi connectivity index (χ1v) is 5.49. The van der Waals surface area contributed by atoms with Crippen LogP contribution >= 0.6 is 0 Å². The largest absolute Gasteiger partial charge is 0.358 e. The topological polar surface area (TPSA) is 41.0 Å². The van der Waals surface area contributed by atoms with E-state index in [4.69, 9.17) is 0 Å². The van der Waals surface area contributed by atoms with E-state index in [1.807, 2.05) is 13.0 Å². The molecule has 1 N–H and O–H groups in total. The summed E-state index contributed by atoms with van der Waals surface area (Å²) >= 11 is 0. The molecule has 0 aliphatic heterocycles. The predicted octanol–water partition coefficient (Wildman–Crippen LogP) is 0.973. The highest BCUT2D eigenvalue weighted by Gasteiger charge is 2.19. The van der Waals surface area contributed by atoms with E-state index in [-0.39, 0.29) is 0 Å². The van der Waals surface area contributed by atoms with Crippen molar-refractivity contribution in [2.24, 2.45) is 0 Å². The highest BCUT2D eigenvalue weighted by Crippen LogP contribution is 2.18. The molecule has 1 aromatic rings. The van der Waals surface area contributed by atoms with Crippen molar-refractivity contribution in [2.45, 2.75) is 25.8 Å². The van der Waals surface area contributed by atoms with Gasteiger partial charge in [0.05, 0.1) is 0 Å². The lowest BCUT2D eigenvalue weighted by atomic mass is 10.4. The van der Waals surface area contributed by atoms with E-state index < -0.39 is 0 Å². The van der Waals surface area contributed by atoms with Crippen LogP contribution in [0.1, 0.15) is 18.5 Å². The van der Waals surface area contributed by atoms with Crippen molar-refractivity contribution in [1.82, 2.24) is 15.3 Å². The lowest BCUT2D eigenvalue weighted by molar-refractivity contribution is 0.672. The summed E-state index contributed by atoms with van der Waals surface area (Å²) in [7, 11) is 2.07. The number of aromatic nitrogens is 2. The summed E-state index contributed by atoms with van der Waals surface area (Å²) in [6, 6.07) is 2.79. The van der Waals surface area contributed by atoms with E-state index in [0.29, 0.717) is 0 Å². The van der Waals surface area contributed by atoms with E-state index in [0.717, 1.165) is 30.6 Å². The molecule has 1 aliphatic rings. The van der Waals surface area contributed by atoms with Crippen LogP contribution in [0, 0.1) is 6.92 Å². The van der Waals surface area contributed by atoms with Gasteiger partial charge in [0.1, 0.15) is 12.1 Å². The fourth-order valence-electron chi connectivity index (χ4n) is 1.49. The van der Waals surface area contributed by atoms with Crippen LogP contribution in [0.4, 0.5) is 5.82 Å². The van der Waals surface area contributed by atoms with Crippen LogP contribution in [0.3, 0.4) is 0 Å². The van der Waals surface area contributed by atoms with Crippen molar-refractivity contribution >= 4 is 5.82 Å². The summed E-state index contributed by atoms with van der Waals surface area (Å²) in [5.74, 6) is 1.00. The molecule has 1 aromatic heterocycles. The molecule has 1 heterocycles. The Morgan fingerprint density at radius 1 is 1.47 bits per heavy atom. The zero-order valence-corrected chi connectivity index (χ0v) is 9.40. The van der Waals surface area contributed by atoms with E-state index in [9.17, 15) is 0 Å². The van der Waals surface area contributed by atoms with Gasteiger partial charge in [-0.3, -0.25) is 0 Å². The average molecular weight is 206 g/mol. The zero-order chi connectivity index (χ0) is 10.7. The molecule has 1 saturated carbocycles. The summed E-state index contributed by atoms with van der Waals surface area (Å²) in [4.78, 5) is 10.5. The SMILES string of the molecule is Cc1cc(N(C)CCNC2CC2)ncn1. The van der Waals surface area contributed by atoms with Crippen LogP contribution in [-0.4, -0.2) is 36.1 Å². The summed E-state index contributed by atoms with van der Waals surface area (Å²) in [5.41, 5.74) is 1.02. The van der Waals surface area contributed by atoms with Gasteiger partial charge in [-0.2, -0.15) is 0 Å². The summed E-state index contributed by atoms with van der Waals surface area (Å²) in [6.45, 7) is 4.01. The van der Waals surface area contributed by atoms with Gasteiger partial charge in [0.2, 0.25) is 0 Å². The van der Waals surface area contributed by atoms with Crippen molar-refractivity contribution in [3.63, 3.8) is 0 Å². The molecule has 0 saturated heterocycles. The fourth-order valence-corrected chi connectivity index (χ4v) is 1.49. The zero-order valence-electron chi connectivity index (χ0n) is 9.40. The molecule has 0 atom stereocenters. The molecule has 0 unspecified atom stereocenters. The van der Waals surface area contributed by atoms with Crippen LogP contribution in [0.25, 0.3) is 0 Å². The van der Waals surface area contributed by atoms with Gasteiger partial charge in [-0.05, 0) is 19.8 Å². The van der Waals surface area contributed by atoms with Gasteiger partial charge in [-0.25, -0.2) is 9.97 Å². The van der Waals surface area contributed by atoms with Gasteiger partial charge in [0, 0.05) is 37.9 Å². The predicted molar refractivity (Wildman–Crippen MR) is 61.1 cm³/mol. The molecule has 0 aromatic carbocycles. The number of nitrogens with one attached hydrogen (secondary N) is 1. The van der Waals surface area contributed by atoms with Crippen LogP contribution in [0.2, 0.25) is 0 Å². The second-order valence-electron chi connectivity index (χ2n) is 4.17. The normalized spacial score (nSPS) is 15.3. The number of nitrogens with zero attached hydrogens (tertiary/aromatic N) is 3. The van der Waals surface area contributed by atoms with Crippen molar-refractivity contribution in [2.75, 3.05) is 25.0 Å². The van der Waals surface area contributed by atoms with Gasteiger partial charge in [0.25, 0.3) is 0 Å². The van der Waals surface area contributed by atoms with E-state index in [1.54, 1.807) is 6.33 Å². The molecule has 82 valence electrons. The molecule has 2 rings (SSSR count). The summed E-state index contributed by atoms with van der Waals surface area (Å²) < 4.78 is 0. The van der Waals surface area contributed by atoms with Crippen molar-refractivity contribution < 1.29 is 0 Å². The van der Waals surface area contributed by atoms with E-state index >= 15 is 0 Å². The Labute approximate surface area is 90.7 Å². The third kappa shape index (κ3) is 3.16. The lowest BCUT2D eigenvalue weighted by Gasteiger charge is -2.18. The number of aryl methyl sites for hydroxylation is 1. The first-order valence-electron chi connectivity index (χ1n) is 5.49. The summed E-state index contributed by atoms with van der Waals surface area (Å²) in [5, 5.41) is 3.49. The minimum Gasteiger partial charge on any atom is -0.358 e. The van der Waals surface area contributed by atoms with E-state index in [1.165, 1.54) is 12.8 Å². The maximum absolute atomic E-state index is 4.24. The minimum absolute atomic E-state index is 0.783. The standard InChI is InChI=1S/C11H18N4/c1-9-7-11(14-8-13-9)15(2)6-5-12-10-3-4-10/h7-8,10,12H,3-6H2,1-2H3. The second kappa shape index (κ2) is 4.57. The maximum atomic E-state index is 4.24. The minimum atomic E-state index is 0.783. The quantitative estimate of drug-likeness (QED) is 0.779. The van der Waals surface area contributed by atoms with Gasteiger partial charge < -0.3 is 10.2 Å². The second-order valence-corrected chi connectivity index (χ2v) is 4.17. The third-order valence-corrected chi connectivity index (χ3v) is 2.64. The van der Waals surface area contributed by atoms with Gasteiger partial charge in [-0.15, -0.1) is 0 Å². The first kappa shape index (κ1) is 10.4. The molecule has 4 nitrogen and oxygen atoms in total. The molecule has 0 radical (unpaired) electrons. The third-order valence-electron chi connectivity index (χ3n) is 2.64. The number of likely N-dealkylation sites (N-methyl/N-ethyl adjacent to an activating group) is 1. The summed E-state index contributed by atoms with van der Waals surface area (Å²) in [6.07, 6.45) is 4.31. The van der Waals surface area contributed by atoms with Crippen molar-refractivity contribution in [3.05, 3.63) is 18.1 Å². The Morgan fingerprint density at radius 3 is 2.93 bits per heavy atom. The monoisotopic (exact) mass is 206 g/mol. The molecule has 1 fully saturated rings. The van der Waals surface area contributed by atoms with Crippen LogP contribution in [-0.2, 0) is 0 Å².